The maximum absolute atomic E-state index is 12.0. The molecule has 3 aromatic heterocycles. The van der Waals surface area contributed by atoms with Gasteiger partial charge in [0, 0.05) is 44.8 Å². The lowest BCUT2D eigenvalue weighted by atomic mass is 10.2. The first kappa shape index (κ1) is 18.1. The highest BCUT2D eigenvalue weighted by Crippen LogP contribution is 2.31. The third-order valence-corrected chi connectivity index (χ3v) is 5.90. The number of hydrogen-bond acceptors (Lipinski definition) is 6. The summed E-state index contributed by atoms with van der Waals surface area (Å²) < 4.78 is 3.90. The Morgan fingerprint density at radius 2 is 2.03 bits per heavy atom. The topological polar surface area (TPSA) is 93.8 Å². The average Bonchev–Trinajstić information content (AvgIpc) is 3.16. The molecule has 9 heteroatoms. The molecule has 1 saturated carbocycles. The van der Waals surface area contributed by atoms with Crippen molar-refractivity contribution in [3.8, 4) is 11.4 Å². The zero-order valence-corrected chi connectivity index (χ0v) is 17.1. The van der Waals surface area contributed by atoms with Crippen molar-refractivity contribution in [3.05, 3.63) is 17.7 Å². The molecule has 1 saturated heterocycles. The first-order valence-electron chi connectivity index (χ1n) is 10.3. The first-order valence-corrected chi connectivity index (χ1v) is 10.3. The standard InChI is InChI=1S/C20H26N8O/c1-12-16(13(2)26(3)25-12)18-23-19(22-14-6-7-14)17-20(24-18)28(11-21-17)10-9-27-8-4-5-15(27)29/h11,14H,4-10H2,1-3H3,(H,22,23,24). The largest absolute Gasteiger partial charge is 0.365 e. The van der Waals surface area contributed by atoms with E-state index in [1.54, 1.807) is 0 Å². The number of carbonyl (C=O) groups is 1. The lowest BCUT2D eigenvalue weighted by Crippen LogP contribution is -2.28. The van der Waals surface area contributed by atoms with Gasteiger partial charge in [-0.2, -0.15) is 5.10 Å². The van der Waals surface area contributed by atoms with E-state index in [2.05, 4.69) is 15.4 Å². The van der Waals surface area contributed by atoms with Crippen molar-refractivity contribution in [2.45, 2.75) is 52.1 Å². The van der Waals surface area contributed by atoms with E-state index in [1.165, 1.54) is 0 Å². The van der Waals surface area contributed by atoms with Crippen LogP contribution < -0.4 is 5.32 Å². The Kier molecular flexibility index (Phi) is 4.25. The van der Waals surface area contributed by atoms with Gasteiger partial charge in [0.25, 0.3) is 0 Å². The van der Waals surface area contributed by atoms with Gasteiger partial charge in [-0.15, -0.1) is 0 Å². The highest BCUT2D eigenvalue weighted by Gasteiger charge is 2.26. The molecule has 2 fully saturated rings. The summed E-state index contributed by atoms with van der Waals surface area (Å²) in [4.78, 5) is 28.2. The Morgan fingerprint density at radius 3 is 2.69 bits per heavy atom. The van der Waals surface area contributed by atoms with E-state index < -0.39 is 0 Å². The van der Waals surface area contributed by atoms with Crippen molar-refractivity contribution >= 4 is 22.9 Å². The lowest BCUT2D eigenvalue weighted by molar-refractivity contribution is -0.127. The third kappa shape index (κ3) is 3.24. The second-order valence-corrected chi connectivity index (χ2v) is 8.08. The second kappa shape index (κ2) is 6.82. The Bertz CT molecular complexity index is 1090. The number of aryl methyl sites for hydroxylation is 2. The normalized spacial score (nSPS) is 16.9. The summed E-state index contributed by atoms with van der Waals surface area (Å²) in [5, 5.41) is 8.04. The van der Waals surface area contributed by atoms with Gasteiger partial charge in [0.2, 0.25) is 5.91 Å². The van der Waals surface area contributed by atoms with E-state index in [0.29, 0.717) is 31.4 Å². The molecule has 1 amide bonds. The number of rotatable bonds is 6. The van der Waals surface area contributed by atoms with Crippen LogP contribution in [0.3, 0.4) is 0 Å². The van der Waals surface area contributed by atoms with Gasteiger partial charge in [0.05, 0.1) is 17.6 Å². The second-order valence-electron chi connectivity index (χ2n) is 8.08. The fourth-order valence-corrected chi connectivity index (χ4v) is 4.01. The van der Waals surface area contributed by atoms with Crippen molar-refractivity contribution < 1.29 is 4.79 Å². The summed E-state index contributed by atoms with van der Waals surface area (Å²) >= 11 is 0. The van der Waals surface area contributed by atoms with E-state index in [9.17, 15) is 4.79 Å². The van der Waals surface area contributed by atoms with Crippen LogP contribution in [0.4, 0.5) is 5.82 Å². The molecule has 0 radical (unpaired) electrons. The summed E-state index contributed by atoms with van der Waals surface area (Å²) in [7, 11) is 1.94. The zero-order chi connectivity index (χ0) is 20.1. The maximum Gasteiger partial charge on any atom is 0.222 e. The molecule has 0 spiro atoms. The summed E-state index contributed by atoms with van der Waals surface area (Å²) in [6.07, 6.45) is 5.73. The van der Waals surface area contributed by atoms with Crippen LogP contribution >= 0.6 is 0 Å². The fraction of sp³-hybridized carbons (Fsp3) is 0.550. The third-order valence-electron chi connectivity index (χ3n) is 5.90. The van der Waals surface area contributed by atoms with Crippen LogP contribution in [0.15, 0.2) is 6.33 Å². The van der Waals surface area contributed by atoms with E-state index in [-0.39, 0.29) is 5.91 Å². The minimum Gasteiger partial charge on any atom is -0.365 e. The molecule has 0 bridgehead atoms. The number of carbonyl (C=O) groups excluding carboxylic acids is 1. The minimum absolute atomic E-state index is 0.238. The molecular formula is C20H26N8O. The number of fused-ring (bicyclic) bond motifs is 1. The van der Waals surface area contributed by atoms with E-state index >= 15 is 0 Å². The van der Waals surface area contributed by atoms with E-state index in [1.807, 2.05) is 41.4 Å². The van der Waals surface area contributed by atoms with Crippen molar-refractivity contribution in [1.82, 2.24) is 34.2 Å². The van der Waals surface area contributed by atoms with Crippen molar-refractivity contribution in [3.63, 3.8) is 0 Å². The van der Waals surface area contributed by atoms with E-state index in [0.717, 1.165) is 59.7 Å². The molecule has 29 heavy (non-hydrogen) atoms. The van der Waals surface area contributed by atoms with Gasteiger partial charge in [-0.25, -0.2) is 15.0 Å². The highest BCUT2D eigenvalue weighted by atomic mass is 16.2. The number of hydrogen-bond donors (Lipinski definition) is 1. The quantitative estimate of drug-likeness (QED) is 0.688. The number of imidazole rings is 1. The lowest BCUT2D eigenvalue weighted by Gasteiger charge is -2.16. The number of nitrogens with one attached hydrogen (secondary N) is 1. The molecule has 1 aliphatic carbocycles. The molecule has 1 aliphatic heterocycles. The highest BCUT2D eigenvalue weighted by molar-refractivity contribution is 5.86. The van der Waals surface area contributed by atoms with Gasteiger partial charge in [0.15, 0.2) is 17.3 Å². The molecular weight excluding hydrogens is 368 g/mol. The monoisotopic (exact) mass is 394 g/mol. The maximum atomic E-state index is 12.0. The van der Waals surface area contributed by atoms with Crippen LogP contribution in [-0.2, 0) is 18.4 Å². The van der Waals surface area contributed by atoms with Crippen LogP contribution in [0.2, 0.25) is 0 Å². The predicted octanol–water partition coefficient (Wildman–Crippen LogP) is 2.04. The first-order chi connectivity index (χ1) is 14.0. The molecule has 3 aromatic rings. The van der Waals surface area contributed by atoms with Crippen LogP contribution in [0, 0.1) is 13.8 Å². The van der Waals surface area contributed by atoms with Crippen molar-refractivity contribution in [2.24, 2.45) is 7.05 Å². The molecule has 0 unspecified atom stereocenters. The van der Waals surface area contributed by atoms with Gasteiger partial charge >= 0.3 is 0 Å². The Hall–Kier alpha value is -2.97. The molecule has 0 atom stereocenters. The number of aromatic nitrogens is 6. The Labute approximate surface area is 169 Å². The molecule has 9 nitrogen and oxygen atoms in total. The number of amides is 1. The van der Waals surface area contributed by atoms with Gasteiger partial charge in [-0.1, -0.05) is 0 Å². The summed E-state index contributed by atoms with van der Waals surface area (Å²) in [5.74, 6) is 1.69. The van der Waals surface area contributed by atoms with Gasteiger partial charge < -0.3 is 14.8 Å². The molecule has 1 N–H and O–H groups in total. The zero-order valence-electron chi connectivity index (χ0n) is 17.1. The summed E-state index contributed by atoms with van der Waals surface area (Å²) in [6, 6.07) is 0.462. The number of nitrogens with zero attached hydrogens (tertiary/aromatic N) is 7. The minimum atomic E-state index is 0.238. The van der Waals surface area contributed by atoms with Crippen molar-refractivity contribution in [1.29, 1.82) is 0 Å². The van der Waals surface area contributed by atoms with E-state index in [4.69, 9.17) is 9.97 Å². The van der Waals surface area contributed by atoms with Crippen molar-refractivity contribution in [2.75, 3.05) is 18.4 Å². The molecule has 152 valence electrons. The molecule has 4 heterocycles. The number of likely N-dealkylation sites (tertiary alicyclic amines) is 1. The molecule has 2 aliphatic rings. The summed E-state index contributed by atoms with van der Waals surface area (Å²) in [5.41, 5.74) is 4.50. The van der Waals surface area contributed by atoms with Crippen LogP contribution in [-0.4, -0.2) is 59.2 Å². The number of anilines is 1. The SMILES string of the molecule is Cc1nn(C)c(C)c1-c1nc(NC2CC2)c2ncn(CCN3CCCC3=O)c2n1. The molecule has 0 aromatic carbocycles. The Morgan fingerprint density at radius 1 is 1.21 bits per heavy atom. The van der Waals surface area contributed by atoms with Crippen LogP contribution in [0.25, 0.3) is 22.6 Å². The van der Waals surface area contributed by atoms with Crippen LogP contribution in [0.5, 0.6) is 0 Å². The van der Waals surface area contributed by atoms with Gasteiger partial charge in [-0.05, 0) is 33.1 Å². The molecule has 5 rings (SSSR count). The average molecular weight is 394 g/mol. The van der Waals surface area contributed by atoms with Gasteiger partial charge in [-0.3, -0.25) is 9.48 Å². The van der Waals surface area contributed by atoms with Crippen LogP contribution in [0.1, 0.15) is 37.1 Å². The smallest absolute Gasteiger partial charge is 0.222 e. The fourth-order valence-electron chi connectivity index (χ4n) is 4.01. The predicted molar refractivity (Wildman–Crippen MR) is 109 cm³/mol. The Balaban J connectivity index is 1.56. The summed E-state index contributed by atoms with van der Waals surface area (Å²) in [6.45, 7) is 6.22. The van der Waals surface area contributed by atoms with Gasteiger partial charge in [0.1, 0.15) is 5.52 Å².